The van der Waals surface area contributed by atoms with Crippen molar-refractivity contribution in [3.8, 4) is 0 Å². The Bertz CT molecular complexity index is 1310. The van der Waals surface area contributed by atoms with E-state index in [-0.39, 0.29) is 28.3 Å². The number of aromatic nitrogens is 5. The van der Waals surface area contributed by atoms with E-state index in [0.29, 0.717) is 11.3 Å². The molecule has 154 valence electrons. The summed E-state index contributed by atoms with van der Waals surface area (Å²) in [7, 11) is -3.65. The van der Waals surface area contributed by atoms with E-state index in [4.69, 9.17) is 0 Å². The highest BCUT2D eigenvalue weighted by Gasteiger charge is 2.20. The monoisotopic (exact) mass is 424 g/mol. The zero-order chi connectivity index (χ0) is 21.3. The average molecular weight is 424 g/mol. The second-order valence-electron chi connectivity index (χ2n) is 7.06. The van der Waals surface area contributed by atoms with Crippen LogP contribution in [-0.2, 0) is 16.4 Å². The van der Waals surface area contributed by atoms with Gasteiger partial charge in [-0.2, -0.15) is 5.10 Å². The summed E-state index contributed by atoms with van der Waals surface area (Å²) in [5.74, 6) is 0.234. The van der Waals surface area contributed by atoms with E-state index in [1.807, 2.05) is 13.8 Å². The number of fused-ring (bicyclic) bond motifs is 1. The minimum atomic E-state index is -3.65. The third-order valence-electron chi connectivity index (χ3n) is 4.61. The van der Waals surface area contributed by atoms with Gasteiger partial charge < -0.3 is 5.32 Å². The number of carbonyl (C=O) groups excluding carboxylic acids is 1. The summed E-state index contributed by atoms with van der Waals surface area (Å²) >= 11 is 0. The first-order chi connectivity index (χ1) is 14.3. The molecule has 1 N–H and O–H groups in total. The van der Waals surface area contributed by atoms with Crippen molar-refractivity contribution < 1.29 is 13.2 Å². The van der Waals surface area contributed by atoms with Gasteiger partial charge in [0.05, 0.1) is 16.7 Å². The number of hydrogen-bond donors (Lipinski definition) is 1. The predicted octanol–water partition coefficient (Wildman–Crippen LogP) is 2.27. The number of carbonyl (C=O) groups is 1. The van der Waals surface area contributed by atoms with Gasteiger partial charge in [0.15, 0.2) is 0 Å². The normalized spacial score (nSPS) is 11.8. The first-order valence-corrected chi connectivity index (χ1v) is 10.8. The smallest absolute Gasteiger partial charge is 0.254 e. The van der Waals surface area contributed by atoms with Crippen LogP contribution >= 0.6 is 0 Å². The number of amides is 1. The van der Waals surface area contributed by atoms with Crippen LogP contribution in [0.15, 0.2) is 71.2 Å². The topological polar surface area (TPSA) is 111 Å². The lowest BCUT2D eigenvalue weighted by atomic mass is 10.2. The second-order valence-corrected chi connectivity index (χ2v) is 9.01. The maximum Gasteiger partial charge on any atom is 0.254 e. The van der Waals surface area contributed by atoms with Gasteiger partial charge in [-0.15, -0.1) is 0 Å². The highest BCUT2D eigenvalue weighted by Crippen LogP contribution is 2.21. The van der Waals surface area contributed by atoms with Crippen LogP contribution in [0.25, 0.3) is 5.78 Å². The highest BCUT2D eigenvalue weighted by molar-refractivity contribution is 7.91. The molecule has 30 heavy (non-hydrogen) atoms. The summed E-state index contributed by atoms with van der Waals surface area (Å²) in [6.45, 7) is 4.11. The lowest BCUT2D eigenvalue weighted by molar-refractivity contribution is 0.0950. The summed E-state index contributed by atoms with van der Waals surface area (Å²) in [4.78, 5) is 20.8. The second kappa shape index (κ2) is 7.71. The molecule has 0 aliphatic rings. The minimum Gasteiger partial charge on any atom is -0.348 e. The number of imidazole rings is 1. The lowest BCUT2D eigenvalue weighted by Crippen LogP contribution is -2.23. The number of rotatable bonds is 6. The maximum atomic E-state index is 12.8. The Kier molecular flexibility index (Phi) is 5.08. The van der Waals surface area contributed by atoms with Gasteiger partial charge in [0.2, 0.25) is 15.6 Å². The Morgan fingerprint density at radius 1 is 1.07 bits per heavy atom. The van der Waals surface area contributed by atoms with Gasteiger partial charge in [-0.05, 0) is 31.5 Å². The molecule has 9 nitrogen and oxygen atoms in total. The molecule has 0 aliphatic heterocycles. The number of hydrogen-bond acceptors (Lipinski definition) is 6. The van der Waals surface area contributed by atoms with Gasteiger partial charge in [-0.25, -0.2) is 18.4 Å². The first kappa shape index (κ1) is 19.8. The molecule has 0 spiro atoms. The van der Waals surface area contributed by atoms with Crippen molar-refractivity contribution in [1.82, 2.24) is 29.5 Å². The molecule has 4 rings (SSSR count). The number of nitrogens with one attached hydrogen (secondary N) is 1. The number of benzene rings is 1. The standard InChI is InChI=1S/C20H20N6O3S/c1-14(2)26-13-18(11-24-26)30(28,29)17-5-3-15(4-6-17)9-22-19(27)16-10-23-20-21-7-8-25(20)12-16/h3-8,10-14H,9H2,1-2H3,(H,22,27). The zero-order valence-corrected chi connectivity index (χ0v) is 17.2. The minimum absolute atomic E-state index is 0.0737. The molecule has 3 heterocycles. The quantitative estimate of drug-likeness (QED) is 0.508. The molecule has 0 bridgehead atoms. The SMILES string of the molecule is CC(C)n1cc(S(=O)(=O)c2ccc(CNC(=O)c3cnc4nccn4c3)cc2)cn1. The van der Waals surface area contributed by atoms with E-state index < -0.39 is 9.84 Å². The molecule has 0 saturated carbocycles. The third-order valence-corrected chi connectivity index (χ3v) is 6.34. The molecule has 1 amide bonds. The summed E-state index contributed by atoms with van der Waals surface area (Å²) in [6.07, 6.45) is 9.31. The van der Waals surface area contributed by atoms with Crippen molar-refractivity contribution in [2.45, 2.75) is 36.2 Å². The molecule has 0 radical (unpaired) electrons. The van der Waals surface area contributed by atoms with Crippen LogP contribution in [0.5, 0.6) is 0 Å². The fourth-order valence-corrected chi connectivity index (χ4v) is 4.08. The summed E-state index contributed by atoms with van der Waals surface area (Å²) in [5, 5.41) is 6.90. The fourth-order valence-electron chi connectivity index (χ4n) is 2.88. The molecule has 10 heteroatoms. The Balaban J connectivity index is 1.44. The molecule has 0 atom stereocenters. The van der Waals surface area contributed by atoms with E-state index >= 15 is 0 Å². The summed E-state index contributed by atoms with van der Waals surface area (Å²) < 4.78 is 28.8. The van der Waals surface area contributed by atoms with Crippen LogP contribution in [0.2, 0.25) is 0 Å². The largest absolute Gasteiger partial charge is 0.348 e. The molecule has 4 aromatic rings. The van der Waals surface area contributed by atoms with E-state index in [9.17, 15) is 13.2 Å². The van der Waals surface area contributed by atoms with Crippen LogP contribution in [0.3, 0.4) is 0 Å². The molecule has 0 fully saturated rings. The number of sulfone groups is 1. The van der Waals surface area contributed by atoms with Gasteiger partial charge in [0.1, 0.15) is 4.90 Å². The summed E-state index contributed by atoms with van der Waals surface area (Å²) in [5.41, 5.74) is 1.18. The molecular weight excluding hydrogens is 404 g/mol. The fraction of sp³-hybridized carbons (Fsp3) is 0.200. The Morgan fingerprint density at radius 3 is 2.53 bits per heavy atom. The summed E-state index contributed by atoms with van der Waals surface area (Å²) in [6, 6.07) is 6.49. The molecule has 1 aromatic carbocycles. The van der Waals surface area contributed by atoms with Gasteiger partial charge in [-0.3, -0.25) is 13.9 Å². The molecule has 0 unspecified atom stereocenters. The van der Waals surface area contributed by atoms with Gasteiger partial charge in [0, 0.05) is 43.6 Å². The highest BCUT2D eigenvalue weighted by atomic mass is 32.2. The Morgan fingerprint density at radius 2 is 1.83 bits per heavy atom. The number of nitrogens with zero attached hydrogens (tertiary/aromatic N) is 5. The van der Waals surface area contributed by atoms with Crippen LogP contribution in [0.4, 0.5) is 0 Å². The maximum absolute atomic E-state index is 12.8. The van der Waals surface area contributed by atoms with Crippen LogP contribution in [0, 0.1) is 0 Å². The zero-order valence-electron chi connectivity index (χ0n) is 16.4. The van der Waals surface area contributed by atoms with E-state index in [0.717, 1.165) is 5.56 Å². The predicted molar refractivity (Wildman–Crippen MR) is 109 cm³/mol. The van der Waals surface area contributed by atoms with Crippen molar-refractivity contribution in [3.05, 3.63) is 72.6 Å². The van der Waals surface area contributed by atoms with Gasteiger partial charge >= 0.3 is 0 Å². The molecular formula is C20H20N6O3S. The molecule has 0 saturated heterocycles. The van der Waals surface area contributed by atoms with Crippen molar-refractivity contribution in [2.24, 2.45) is 0 Å². The lowest BCUT2D eigenvalue weighted by Gasteiger charge is -2.07. The van der Waals surface area contributed by atoms with Crippen molar-refractivity contribution in [3.63, 3.8) is 0 Å². The van der Waals surface area contributed by atoms with Crippen molar-refractivity contribution in [2.75, 3.05) is 0 Å². The molecule has 0 aliphatic carbocycles. The van der Waals surface area contributed by atoms with E-state index in [2.05, 4.69) is 20.4 Å². The van der Waals surface area contributed by atoms with Crippen LogP contribution in [-0.4, -0.2) is 38.5 Å². The third kappa shape index (κ3) is 3.81. The Hall–Kier alpha value is -3.53. The molecule has 3 aromatic heterocycles. The van der Waals surface area contributed by atoms with Gasteiger partial charge in [0.25, 0.3) is 5.91 Å². The van der Waals surface area contributed by atoms with Crippen LogP contribution in [0.1, 0.15) is 35.8 Å². The van der Waals surface area contributed by atoms with E-state index in [1.165, 1.54) is 30.7 Å². The van der Waals surface area contributed by atoms with Crippen molar-refractivity contribution in [1.29, 1.82) is 0 Å². The van der Waals surface area contributed by atoms with Gasteiger partial charge in [-0.1, -0.05) is 12.1 Å². The first-order valence-electron chi connectivity index (χ1n) is 9.30. The van der Waals surface area contributed by atoms with Crippen LogP contribution < -0.4 is 5.32 Å². The average Bonchev–Trinajstić information content (AvgIpc) is 3.41. The Labute approximate surface area is 173 Å². The van der Waals surface area contributed by atoms with E-state index in [1.54, 1.807) is 39.8 Å². The van der Waals surface area contributed by atoms with Crippen molar-refractivity contribution >= 4 is 21.5 Å².